The molecule has 25 heavy (non-hydrogen) atoms. The lowest BCUT2D eigenvalue weighted by atomic mass is 10.1. The van der Waals surface area contributed by atoms with Gasteiger partial charge in [-0.2, -0.15) is 0 Å². The maximum Gasteiger partial charge on any atom is 0.0723 e. The van der Waals surface area contributed by atoms with E-state index >= 15 is 0 Å². The average molecular weight is 318 g/mol. The second-order valence-corrected chi connectivity index (χ2v) is 6.51. The number of benzene rings is 3. The molecule has 0 amide bonds. The first-order valence-electron chi connectivity index (χ1n) is 8.50. The molecular weight excluding hydrogens is 304 g/mol. The van der Waals surface area contributed by atoms with E-state index in [2.05, 4.69) is 77.2 Å². The molecule has 3 heterocycles. The molecule has 3 aromatic carbocycles. The van der Waals surface area contributed by atoms with Crippen LogP contribution in [0.4, 0.5) is 0 Å². The molecule has 0 aliphatic carbocycles. The van der Waals surface area contributed by atoms with Crippen molar-refractivity contribution in [2.75, 3.05) is 0 Å². The van der Waals surface area contributed by atoms with Crippen LogP contribution in [0.2, 0.25) is 0 Å². The fourth-order valence-corrected chi connectivity index (χ4v) is 4.09. The Hall–Kier alpha value is -3.39. The summed E-state index contributed by atoms with van der Waals surface area (Å²) in [4.78, 5) is 4.74. The van der Waals surface area contributed by atoms with Crippen molar-refractivity contribution in [2.24, 2.45) is 0 Å². The van der Waals surface area contributed by atoms with Gasteiger partial charge in [-0.25, -0.2) is 0 Å². The van der Waals surface area contributed by atoms with Crippen LogP contribution in [0.3, 0.4) is 0 Å². The lowest BCUT2D eigenvalue weighted by molar-refractivity contribution is 1.32. The normalized spacial score (nSPS) is 12.0. The number of hydrogen-bond acceptors (Lipinski definition) is 1. The topological polar surface area (TPSA) is 17.3 Å². The molecule has 0 spiro atoms. The minimum atomic E-state index is 1.01. The smallest absolute Gasteiger partial charge is 0.0723 e. The summed E-state index contributed by atoms with van der Waals surface area (Å²) in [5, 5.41) is 5.11. The number of hydrogen-bond donors (Lipinski definition) is 0. The predicted octanol–water partition coefficient (Wildman–Crippen LogP) is 5.90. The summed E-state index contributed by atoms with van der Waals surface area (Å²) in [6, 6.07) is 27.8. The molecule has 0 N–H and O–H groups in total. The predicted molar refractivity (Wildman–Crippen MR) is 104 cm³/mol. The zero-order valence-electron chi connectivity index (χ0n) is 13.5. The number of fused-ring (bicyclic) bond motifs is 6. The van der Waals surface area contributed by atoms with E-state index in [-0.39, 0.29) is 0 Å². The van der Waals surface area contributed by atoms with Crippen LogP contribution in [-0.2, 0) is 0 Å². The van der Waals surface area contributed by atoms with Crippen molar-refractivity contribution in [3.05, 3.63) is 85.1 Å². The van der Waals surface area contributed by atoms with Crippen molar-refractivity contribution in [2.45, 2.75) is 0 Å². The summed E-state index contributed by atoms with van der Waals surface area (Å²) in [6.07, 6.45) is 2.02. The van der Waals surface area contributed by atoms with E-state index in [4.69, 9.17) is 4.98 Å². The molecule has 0 radical (unpaired) electrons. The SMILES string of the molecule is c1ccc(-c2cc3c(cn2)c2cccc4c5ccccc5n3c42)cc1. The zero-order valence-corrected chi connectivity index (χ0v) is 13.5. The van der Waals surface area contributed by atoms with Gasteiger partial charge in [-0.1, -0.05) is 66.7 Å². The summed E-state index contributed by atoms with van der Waals surface area (Å²) >= 11 is 0. The van der Waals surface area contributed by atoms with Crippen LogP contribution < -0.4 is 0 Å². The summed E-state index contributed by atoms with van der Waals surface area (Å²) in [6.45, 7) is 0. The maximum absolute atomic E-state index is 4.74. The molecular formula is C23H14N2. The van der Waals surface area contributed by atoms with Gasteiger partial charge in [0.25, 0.3) is 0 Å². The number of rotatable bonds is 1. The van der Waals surface area contributed by atoms with E-state index in [1.54, 1.807) is 0 Å². The lowest BCUT2D eigenvalue weighted by Gasteiger charge is -2.02. The molecule has 0 atom stereocenters. The van der Waals surface area contributed by atoms with Gasteiger partial charge in [0, 0.05) is 33.3 Å². The fraction of sp³-hybridized carbons (Fsp3) is 0. The van der Waals surface area contributed by atoms with E-state index in [1.807, 2.05) is 12.3 Å². The Labute approximate surface area is 144 Å². The summed E-state index contributed by atoms with van der Waals surface area (Å²) < 4.78 is 2.39. The Kier molecular flexibility index (Phi) is 2.37. The molecule has 0 aliphatic heterocycles. The minimum absolute atomic E-state index is 1.01. The number of para-hydroxylation sites is 2. The van der Waals surface area contributed by atoms with Gasteiger partial charge in [-0.3, -0.25) is 4.98 Å². The molecule has 0 saturated carbocycles. The monoisotopic (exact) mass is 318 g/mol. The largest absolute Gasteiger partial charge is 0.308 e. The van der Waals surface area contributed by atoms with Crippen molar-refractivity contribution in [1.82, 2.24) is 9.38 Å². The molecule has 116 valence electrons. The fourth-order valence-electron chi connectivity index (χ4n) is 4.09. The van der Waals surface area contributed by atoms with Crippen LogP contribution in [0, 0.1) is 0 Å². The molecule has 0 aliphatic rings. The second kappa shape index (κ2) is 4.58. The highest BCUT2D eigenvalue weighted by atomic mass is 14.9. The van der Waals surface area contributed by atoms with E-state index < -0.39 is 0 Å². The van der Waals surface area contributed by atoms with E-state index in [9.17, 15) is 0 Å². The molecule has 0 bridgehead atoms. The average Bonchev–Trinajstić information content (AvgIpc) is 3.20. The minimum Gasteiger partial charge on any atom is -0.308 e. The maximum atomic E-state index is 4.74. The first kappa shape index (κ1) is 13.0. The molecule has 0 saturated heterocycles. The molecule has 0 fully saturated rings. The Morgan fingerprint density at radius 1 is 0.600 bits per heavy atom. The van der Waals surface area contributed by atoms with E-state index in [0.717, 1.165) is 11.3 Å². The molecule has 3 aromatic heterocycles. The molecule has 2 nitrogen and oxygen atoms in total. The van der Waals surface area contributed by atoms with Gasteiger partial charge in [0.2, 0.25) is 0 Å². The number of nitrogens with zero attached hydrogens (tertiary/aromatic N) is 2. The van der Waals surface area contributed by atoms with Crippen LogP contribution in [0.1, 0.15) is 0 Å². The van der Waals surface area contributed by atoms with Gasteiger partial charge in [0.15, 0.2) is 0 Å². The zero-order chi connectivity index (χ0) is 16.4. The van der Waals surface area contributed by atoms with Crippen LogP contribution >= 0.6 is 0 Å². The van der Waals surface area contributed by atoms with Crippen LogP contribution in [0.25, 0.3) is 49.4 Å². The molecule has 6 aromatic rings. The van der Waals surface area contributed by atoms with Crippen molar-refractivity contribution in [1.29, 1.82) is 0 Å². The van der Waals surface area contributed by atoms with Gasteiger partial charge in [0.05, 0.1) is 22.2 Å². The summed E-state index contributed by atoms with van der Waals surface area (Å²) in [5.41, 5.74) is 5.94. The first-order valence-corrected chi connectivity index (χ1v) is 8.50. The van der Waals surface area contributed by atoms with Crippen LogP contribution in [-0.4, -0.2) is 9.38 Å². The Morgan fingerprint density at radius 2 is 1.32 bits per heavy atom. The van der Waals surface area contributed by atoms with Crippen molar-refractivity contribution in [3.8, 4) is 11.3 Å². The second-order valence-electron chi connectivity index (χ2n) is 6.51. The molecule has 0 unspecified atom stereocenters. The van der Waals surface area contributed by atoms with Crippen LogP contribution in [0.15, 0.2) is 85.1 Å². The highest BCUT2D eigenvalue weighted by molar-refractivity contribution is 6.23. The highest BCUT2D eigenvalue weighted by Crippen LogP contribution is 2.39. The summed E-state index contributed by atoms with van der Waals surface area (Å²) in [7, 11) is 0. The number of aromatic nitrogens is 2. The van der Waals surface area contributed by atoms with Crippen molar-refractivity contribution in [3.63, 3.8) is 0 Å². The van der Waals surface area contributed by atoms with Gasteiger partial charge in [-0.15, -0.1) is 0 Å². The van der Waals surface area contributed by atoms with Crippen molar-refractivity contribution >= 4 is 38.1 Å². The van der Waals surface area contributed by atoms with E-state index in [0.29, 0.717) is 0 Å². The van der Waals surface area contributed by atoms with Gasteiger partial charge >= 0.3 is 0 Å². The van der Waals surface area contributed by atoms with Gasteiger partial charge < -0.3 is 4.40 Å². The van der Waals surface area contributed by atoms with E-state index in [1.165, 1.54) is 38.1 Å². The third kappa shape index (κ3) is 1.61. The quantitative estimate of drug-likeness (QED) is 0.369. The summed E-state index contributed by atoms with van der Waals surface area (Å²) in [5.74, 6) is 0. The Balaban J connectivity index is 1.85. The Morgan fingerprint density at radius 3 is 2.20 bits per heavy atom. The first-order chi connectivity index (χ1) is 12.4. The molecule has 2 heteroatoms. The molecule has 6 rings (SSSR count). The van der Waals surface area contributed by atoms with Gasteiger partial charge in [-0.05, 0) is 12.1 Å². The standard InChI is InChI=1S/C23H14N2/c1-2-7-15(8-3-1)20-13-22-19(14-24-20)18-11-6-10-17-16-9-4-5-12-21(16)25(22)23(17)18/h1-14H. The van der Waals surface area contributed by atoms with Crippen molar-refractivity contribution < 1.29 is 0 Å². The lowest BCUT2D eigenvalue weighted by Crippen LogP contribution is -1.85. The third-order valence-corrected chi connectivity index (χ3v) is 5.18. The Bertz CT molecular complexity index is 1380. The third-order valence-electron chi connectivity index (χ3n) is 5.18. The van der Waals surface area contributed by atoms with Gasteiger partial charge in [0.1, 0.15) is 0 Å². The van der Waals surface area contributed by atoms with Crippen LogP contribution in [0.5, 0.6) is 0 Å². The highest BCUT2D eigenvalue weighted by Gasteiger charge is 2.17. The number of pyridine rings is 1.